The number of fused-ring (bicyclic) bond motifs is 2. The van der Waals surface area contributed by atoms with Crippen LogP contribution >= 0.6 is 0 Å². The summed E-state index contributed by atoms with van der Waals surface area (Å²) in [5, 5.41) is 5.07. The Kier molecular flexibility index (Phi) is 8.28. The number of methoxy groups -OCH3 is 2. The highest BCUT2D eigenvalue weighted by atomic mass is 16.5. The molecule has 1 N–H and O–H groups in total. The van der Waals surface area contributed by atoms with E-state index in [1.165, 1.54) is 0 Å². The van der Waals surface area contributed by atoms with E-state index in [-0.39, 0.29) is 43.8 Å². The summed E-state index contributed by atoms with van der Waals surface area (Å²) in [5.74, 6) is -0.209. The SMILES string of the molecule is CCOC(=O)[C@]12CCC=C1N(Cc1cccc3ccccc13)C(=O)[C@H](CC(=O)NCc1ccc(OC)c(OC)c1)C2. The first kappa shape index (κ1) is 28.2. The molecule has 2 atom stereocenters. The lowest BCUT2D eigenvalue weighted by Crippen LogP contribution is -2.52. The number of nitrogens with zero attached hydrogens (tertiary/aromatic N) is 1. The zero-order chi connectivity index (χ0) is 29.0. The van der Waals surface area contributed by atoms with Gasteiger partial charge in [0, 0.05) is 24.6 Å². The summed E-state index contributed by atoms with van der Waals surface area (Å²) in [6, 6.07) is 19.5. The van der Waals surface area contributed by atoms with Crippen LogP contribution in [-0.4, -0.2) is 43.5 Å². The van der Waals surface area contributed by atoms with E-state index in [1.807, 2.05) is 60.7 Å². The number of hydrogen-bond acceptors (Lipinski definition) is 6. The predicted molar refractivity (Wildman–Crippen MR) is 155 cm³/mol. The van der Waals surface area contributed by atoms with Crippen LogP contribution in [-0.2, 0) is 32.2 Å². The van der Waals surface area contributed by atoms with Crippen LogP contribution in [0, 0.1) is 11.3 Å². The van der Waals surface area contributed by atoms with Crippen molar-refractivity contribution in [1.29, 1.82) is 0 Å². The van der Waals surface area contributed by atoms with Crippen LogP contribution in [0.15, 0.2) is 72.4 Å². The first-order valence-corrected chi connectivity index (χ1v) is 14.0. The fraction of sp³-hybridized carbons (Fsp3) is 0.364. The monoisotopic (exact) mass is 556 g/mol. The number of likely N-dealkylation sites (tertiary alicyclic amines) is 1. The molecule has 8 nitrogen and oxygen atoms in total. The summed E-state index contributed by atoms with van der Waals surface area (Å²) in [6.45, 7) is 2.63. The van der Waals surface area contributed by atoms with Crippen molar-refractivity contribution in [2.24, 2.45) is 11.3 Å². The molecule has 3 aromatic carbocycles. The van der Waals surface area contributed by atoms with E-state index in [9.17, 15) is 14.4 Å². The van der Waals surface area contributed by atoms with E-state index in [0.717, 1.165) is 21.9 Å². The average Bonchev–Trinajstić information content (AvgIpc) is 3.43. The number of carbonyl (C=O) groups excluding carboxylic acids is 3. The average molecular weight is 557 g/mol. The lowest BCUT2D eigenvalue weighted by atomic mass is 9.71. The van der Waals surface area contributed by atoms with E-state index in [4.69, 9.17) is 14.2 Å². The molecule has 1 saturated heterocycles. The summed E-state index contributed by atoms with van der Waals surface area (Å²) in [5.41, 5.74) is 1.59. The Morgan fingerprint density at radius 2 is 1.80 bits per heavy atom. The molecular formula is C33H36N2O6. The quantitative estimate of drug-likeness (QED) is 0.348. The van der Waals surface area contributed by atoms with Crippen LogP contribution < -0.4 is 14.8 Å². The molecule has 8 heteroatoms. The van der Waals surface area contributed by atoms with E-state index in [2.05, 4.69) is 5.32 Å². The van der Waals surface area contributed by atoms with Gasteiger partial charge in [-0.25, -0.2) is 0 Å². The highest BCUT2D eigenvalue weighted by Gasteiger charge is 2.55. The van der Waals surface area contributed by atoms with Crippen molar-refractivity contribution in [3.63, 3.8) is 0 Å². The number of nitrogens with one attached hydrogen (secondary N) is 1. The van der Waals surface area contributed by atoms with Crippen LogP contribution in [0.25, 0.3) is 10.8 Å². The number of ether oxygens (including phenoxy) is 3. The summed E-state index contributed by atoms with van der Waals surface area (Å²) in [7, 11) is 3.13. The Hall–Kier alpha value is -4.33. The molecule has 1 heterocycles. The van der Waals surface area contributed by atoms with Crippen LogP contribution in [0.5, 0.6) is 11.5 Å². The molecule has 0 bridgehead atoms. The minimum absolute atomic E-state index is 0.0212. The topological polar surface area (TPSA) is 94.2 Å². The van der Waals surface area contributed by atoms with Crippen molar-refractivity contribution in [3.05, 3.63) is 83.6 Å². The van der Waals surface area contributed by atoms with Gasteiger partial charge in [0.05, 0.1) is 27.4 Å². The Morgan fingerprint density at radius 1 is 1.02 bits per heavy atom. The van der Waals surface area contributed by atoms with E-state index < -0.39 is 11.3 Å². The molecule has 0 unspecified atom stereocenters. The zero-order valence-corrected chi connectivity index (χ0v) is 23.8. The van der Waals surface area contributed by atoms with Crippen molar-refractivity contribution >= 4 is 28.6 Å². The van der Waals surface area contributed by atoms with Crippen LogP contribution in [0.1, 0.15) is 43.7 Å². The number of carbonyl (C=O) groups is 3. The van der Waals surface area contributed by atoms with Gasteiger partial charge in [-0.05, 0) is 60.2 Å². The molecule has 0 spiro atoms. The van der Waals surface area contributed by atoms with Gasteiger partial charge >= 0.3 is 5.97 Å². The van der Waals surface area contributed by atoms with E-state index in [0.29, 0.717) is 36.6 Å². The second-order valence-corrected chi connectivity index (χ2v) is 10.6. The molecule has 2 amide bonds. The molecule has 214 valence electrons. The van der Waals surface area contributed by atoms with Crippen molar-refractivity contribution in [2.75, 3.05) is 20.8 Å². The molecule has 3 aromatic rings. The number of esters is 1. The van der Waals surface area contributed by atoms with E-state index >= 15 is 0 Å². The van der Waals surface area contributed by atoms with Crippen LogP contribution in [0.4, 0.5) is 0 Å². The maximum absolute atomic E-state index is 14.0. The van der Waals surface area contributed by atoms with Gasteiger partial charge in [-0.15, -0.1) is 0 Å². The van der Waals surface area contributed by atoms with Crippen molar-refractivity contribution in [1.82, 2.24) is 10.2 Å². The van der Waals surface area contributed by atoms with Gasteiger partial charge in [-0.3, -0.25) is 14.4 Å². The number of rotatable bonds is 10. The summed E-state index contributed by atoms with van der Waals surface area (Å²) < 4.78 is 16.2. The number of amides is 2. The van der Waals surface area contributed by atoms with Crippen LogP contribution in [0.2, 0.25) is 0 Å². The standard InChI is InChI=1S/C33H36N2O6/c1-4-41-32(38)33-16-8-13-29(33)35(21-24-11-7-10-23-9-5-6-12-26(23)24)31(37)25(19-33)18-30(36)34-20-22-14-15-27(39-2)28(17-22)40-3/h5-7,9-15,17,25H,4,8,16,18-21H2,1-3H3,(H,34,36)/t25-,33+/m1/s1. The molecular weight excluding hydrogens is 520 g/mol. The molecule has 1 aliphatic carbocycles. The van der Waals surface area contributed by atoms with Gasteiger partial charge in [-0.2, -0.15) is 0 Å². The van der Waals surface area contributed by atoms with Crippen LogP contribution in [0.3, 0.4) is 0 Å². The fourth-order valence-electron chi connectivity index (χ4n) is 6.17. The second kappa shape index (κ2) is 12.0. The smallest absolute Gasteiger partial charge is 0.318 e. The maximum Gasteiger partial charge on any atom is 0.318 e. The minimum atomic E-state index is -0.942. The number of allylic oxidation sites excluding steroid dienone is 1. The molecule has 0 radical (unpaired) electrons. The van der Waals surface area contributed by atoms with Crippen molar-refractivity contribution in [2.45, 2.75) is 45.7 Å². The maximum atomic E-state index is 14.0. The Labute approximate surface area is 240 Å². The largest absolute Gasteiger partial charge is 0.493 e. The lowest BCUT2D eigenvalue weighted by molar-refractivity contribution is -0.161. The molecule has 0 aromatic heterocycles. The molecule has 41 heavy (non-hydrogen) atoms. The third-order valence-corrected chi connectivity index (χ3v) is 8.14. The zero-order valence-electron chi connectivity index (χ0n) is 23.8. The van der Waals surface area contributed by atoms with Crippen molar-refractivity contribution in [3.8, 4) is 11.5 Å². The normalized spacial score (nSPS) is 19.9. The minimum Gasteiger partial charge on any atom is -0.493 e. The number of hydrogen-bond donors (Lipinski definition) is 1. The first-order valence-electron chi connectivity index (χ1n) is 14.0. The summed E-state index contributed by atoms with van der Waals surface area (Å²) >= 11 is 0. The molecule has 1 aliphatic heterocycles. The number of benzene rings is 3. The second-order valence-electron chi connectivity index (χ2n) is 10.6. The third-order valence-electron chi connectivity index (χ3n) is 8.14. The van der Waals surface area contributed by atoms with Gasteiger partial charge in [0.25, 0.3) is 0 Å². The molecule has 2 aliphatic rings. The first-order chi connectivity index (χ1) is 19.9. The summed E-state index contributed by atoms with van der Waals surface area (Å²) in [4.78, 5) is 42.4. The number of piperidine rings is 1. The third kappa shape index (κ3) is 5.51. The Balaban J connectivity index is 1.39. The van der Waals surface area contributed by atoms with Gasteiger partial charge in [0.15, 0.2) is 11.5 Å². The molecule has 5 rings (SSSR count). The van der Waals surface area contributed by atoms with Gasteiger partial charge < -0.3 is 24.4 Å². The van der Waals surface area contributed by atoms with Gasteiger partial charge in [0.1, 0.15) is 5.41 Å². The highest BCUT2D eigenvalue weighted by Crippen LogP contribution is 2.51. The molecule has 1 fully saturated rings. The lowest BCUT2D eigenvalue weighted by Gasteiger charge is -2.44. The summed E-state index contributed by atoms with van der Waals surface area (Å²) in [6.07, 6.45) is 3.46. The highest BCUT2D eigenvalue weighted by molar-refractivity contribution is 5.93. The fourth-order valence-corrected chi connectivity index (χ4v) is 6.17. The Bertz CT molecular complexity index is 1490. The van der Waals surface area contributed by atoms with Gasteiger partial charge in [0.2, 0.25) is 11.8 Å². The Morgan fingerprint density at radius 3 is 2.59 bits per heavy atom. The van der Waals surface area contributed by atoms with Crippen molar-refractivity contribution < 1.29 is 28.6 Å². The predicted octanol–water partition coefficient (Wildman–Crippen LogP) is 5.14. The van der Waals surface area contributed by atoms with E-state index in [1.54, 1.807) is 32.1 Å². The van der Waals surface area contributed by atoms with Gasteiger partial charge in [-0.1, -0.05) is 54.6 Å². The molecule has 0 saturated carbocycles.